The summed E-state index contributed by atoms with van der Waals surface area (Å²) in [6.07, 6.45) is 12.3. The van der Waals surface area contributed by atoms with Gasteiger partial charge in [-0.25, -0.2) is 4.79 Å². The van der Waals surface area contributed by atoms with E-state index in [1.54, 1.807) is 11.8 Å². The number of carbonyl (C=O) groups excluding carboxylic acids is 1. The molecule has 1 heterocycles. The van der Waals surface area contributed by atoms with Crippen molar-refractivity contribution in [2.24, 2.45) is 0 Å². The van der Waals surface area contributed by atoms with Crippen LogP contribution in [-0.2, 0) is 11.3 Å². The van der Waals surface area contributed by atoms with Crippen LogP contribution in [0.15, 0.2) is 67.0 Å². The molecule has 1 aliphatic rings. The number of hydrogen-bond acceptors (Lipinski definition) is 4. The third-order valence-corrected chi connectivity index (χ3v) is 8.75. The van der Waals surface area contributed by atoms with Gasteiger partial charge >= 0.3 is 5.97 Å². The molecule has 1 aromatic heterocycles. The average molecular weight is 547 g/mol. The van der Waals surface area contributed by atoms with E-state index in [2.05, 4.69) is 29.5 Å². The highest BCUT2D eigenvalue weighted by atomic mass is 32.2. The van der Waals surface area contributed by atoms with Gasteiger partial charge in [0.15, 0.2) is 5.69 Å². The molecule has 1 saturated carbocycles. The van der Waals surface area contributed by atoms with E-state index in [0.29, 0.717) is 23.8 Å². The Labute approximate surface area is 236 Å². The van der Waals surface area contributed by atoms with Crippen LogP contribution in [-0.4, -0.2) is 53.1 Å². The van der Waals surface area contributed by atoms with Gasteiger partial charge in [0, 0.05) is 23.4 Å². The minimum atomic E-state index is -1.01. The van der Waals surface area contributed by atoms with E-state index in [9.17, 15) is 14.7 Å². The van der Waals surface area contributed by atoms with E-state index in [0.717, 1.165) is 33.3 Å². The zero-order valence-electron chi connectivity index (χ0n) is 23.2. The van der Waals surface area contributed by atoms with Gasteiger partial charge in [0.2, 0.25) is 0 Å². The maximum absolute atomic E-state index is 13.5. The van der Waals surface area contributed by atoms with Crippen molar-refractivity contribution < 1.29 is 14.7 Å². The summed E-state index contributed by atoms with van der Waals surface area (Å²) in [4.78, 5) is 29.8. The number of carboxylic acid groups (broad SMARTS) is 1. The van der Waals surface area contributed by atoms with Crippen LogP contribution >= 0.6 is 11.8 Å². The molecule has 206 valence electrons. The number of quaternary nitrogens is 1. The van der Waals surface area contributed by atoms with Crippen LogP contribution in [0.5, 0.6) is 0 Å². The Morgan fingerprint density at radius 1 is 1.08 bits per heavy atom. The Balaban J connectivity index is 1.74. The predicted octanol–water partition coefficient (Wildman–Crippen LogP) is 6.46. The molecule has 4 rings (SSSR count). The van der Waals surface area contributed by atoms with Crippen LogP contribution in [0.2, 0.25) is 0 Å². The van der Waals surface area contributed by atoms with Gasteiger partial charge in [-0.05, 0) is 85.9 Å². The third kappa shape index (κ3) is 6.89. The molecule has 1 amide bonds. The molecule has 6 nitrogen and oxygen atoms in total. The zero-order valence-corrected chi connectivity index (χ0v) is 24.0. The number of aryl methyl sites for hydroxylation is 1. The smallest absolute Gasteiger partial charge is 0.326 e. The van der Waals surface area contributed by atoms with E-state index in [1.807, 2.05) is 68.0 Å². The lowest BCUT2D eigenvalue weighted by molar-refractivity contribution is -0.139. The van der Waals surface area contributed by atoms with Gasteiger partial charge < -0.3 is 10.4 Å². The number of nitrogens with zero attached hydrogens (tertiary/aromatic N) is 2. The molecule has 0 saturated heterocycles. The van der Waals surface area contributed by atoms with Gasteiger partial charge in [-0.15, -0.1) is 0 Å². The average Bonchev–Trinajstić information content (AvgIpc) is 2.96. The number of nitrogens with one attached hydrogen (secondary N) is 1. The topological polar surface area (TPSA) is 79.3 Å². The lowest BCUT2D eigenvalue weighted by Crippen LogP contribution is -2.53. The van der Waals surface area contributed by atoms with E-state index in [1.165, 1.54) is 37.8 Å². The number of amides is 1. The zero-order chi connectivity index (χ0) is 27.8. The van der Waals surface area contributed by atoms with Crippen molar-refractivity contribution in [3.05, 3.63) is 83.7 Å². The van der Waals surface area contributed by atoms with Gasteiger partial charge in [0.05, 0.1) is 19.3 Å². The summed E-state index contributed by atoms with van der Waals surface area (Å²) >= 11 is 1.57. The highest BCUT2D eigenvalue weighted by Crippen LogP contribution is 2.36. The Kier molecular flexibility index (Phi) is 9.81. The molecule has 2 N–H and O–H groups in total. The second-order valence-electron chi connectivity index (χ2n) is 10.8. The molecule has 7 heteroatoms. The fraction of sp³-hybridized carbons (Fsp3) is 0.406. The number of pyridine rings is 1. The van der Waals surface area contributed by atoms with Crippen LogP contribution in [0.1, 0.15) is 60.0 Å². The first-order valence-electron chi connectivity index (χ1n) is 13.8. The largest absolute Gasteiger partial charge is 0.480 e. The van der Waals surface area contributed by atoms with E-state index in [-0.39, 0.29) is 5.91 Å². The number of hydrogen-bond donors (Lipinski definition) is 2. The number of carbonyl (C=O) groups is 2. The molecule has 1 fully saturated rings. The van der Waals surface area contributed by atoms with Gasteiger partial charge in [-0.1, -0.05) is 36.8 Å². The first kappa shape index (κ1) is 28.8. The molecular weight excluding hydrogens is 506 g/mol. The summed E-state index contributed by atoms with van der Waals surface area (Å²) in [5.74, 6) is -0.707. The molecule has 0 radical (unpaired) electrons. The number of benzene rings is 2. The fourth-order valence-electron chi connectivity index (χ4n) is 5.83. The molecule has 39 heavy (non-hydrogen) atoms. The van der Waals surface area contributed by atoms with E-state index in [4.69, 9.17) is 0 Å². The van der Waals surface area contributed by atoms with E-state index >= 15 is 0 Å². The van der Waals surface area contributed by atoms with Crippen molar-refractivity contribution in [1.82, 2.24) is 14.8 Å². The molecule has 2 aromatic carbocycles. The molecule has 2 atom stereocenters. The maximum atomic E-state index is 13.5. The molecule has 0 spiro atoms. The Morgan fingerprint density at radius 2 is 1.85 bits per heavy atom. The maximum Gasteiger partial charge on any atom is 0.326 e. The number of thioether (sulfide) groups is 1. The molecule has 3 aromatic rings. The van der Waals surface area contributed by atoms with Crippen molar-refractivity contribution >= 4 is 29.3 Å². The molecule has 1 aliphatic carbocycles. The molecule has 0 bridgehead atoms. The predicted molar refractivity (Wildman–Crippen MR) is 161 cm³/mol. The summed E-state index contributed by atoms with van der Waals surface area (Å²) in [6, 6.07) is 17.8. The summed E-state index contributed by atoms with van der Waals surface area (Å²) in [5, 5.41) is 12.5. The summed E-state index contributed by atoms with van der Waals surface area (Å²) in [7, 11) is 2.31. The van der Waals surface area contributed by atoms with Crippen molar-refractivity contribution in [2.45, 2.75) is 64.1 Å². The highest BCUT2D eigenvalue weighted by molar-refractivity contribution is 7.98. The summed E-state index contributed by atoms with van der Waals surface area (Å²) in [5.41, 5.74) is 5.71. The van der Waals surface area contributed by atoms with Gasteiger partial charge in [0.25, 0.3) is 5.91 Å². The standard InChI is InChI=1S/C32H39N3O3S/c1-23-10-7-8-14-27(23)29-20-24(15-16-28(29)31(36)34-30(32(37)38)17-19-39-3)22-35(2,25-11-5-4-6-12-25)26-13-9-18-33-21-26/h7-10,13-16,18,20-21,25,30H,4-6,11-12,17,19,22H2,1-3H3,(H-,34,36,37,38)/p+1/t30-,35?/m0/s1. The van der Waals surface area contributed by atoms with Crippen LogP contribution in [0.4, 0.5) is 5.69 Å². The van der Waals surface area contributed by atoms with Crippen LogP contribution in [0.3, 0.4) is 0 Å². The Bertz CT molecular complexity index is 1280. The van der Waals surface area contributed by atoms with Crippen LogP contribution in [0.25, 0.3) is 11.1 Å². The molecule has 1 unspecified atom stereocenters. The number of rotatable bonds is 11. The highest BCUT2D eigenvalue weighted by Gasteiger charge is 2.36. The van der Waals surface area contributed by atoms with Crippen LogP contribution < -0.4 is 9.80 Å². The van der Waals surface area contributed by atoms with Crippen LogP contribution in [0, 0.1) is 6.92 Å². The fourth-order valence-corrected chi connectivity index (χ4v) is 6.30. The second-order valence-corrected chi connectivity index (χ2v) is 11.8. The third-order valence-electron chi connectivity index (χ3n) is 8.11. The van der Waals surface area contributed by atoms with Crippen molar-refractivity contribution in [3.63, 3.8) is 0 Å². The first-order chi connectivity index (χ1) is 18.8. The van der Waals surface area contributed by atoms with Crippen molar-refractivity contribution in [3.8, 4) is 11.1 Å². The quantitative estimate of drug-likeness (QED) is 0.270. The van der Waals surface area contributed by atoms with Crippen molar-refractivity contribution in [1.29, 1.82) is 0 Å². The Hall–Kier alpha value is -3.16. The first-order valence-corrected chi connectivity index (χ1v) is 15.2. The minimum Gasteiger partial charge on any atom is -0.480 e. The lowest BCUT2D eigenvalue weighted by atomic mass is 9.90. The Morgan fingerprint density at radius 3 is 2.51 bits per heavy atom. The van der Waals surface area contributed by atoms with Gasteiger partial charge in [0.1, 0.15) is 12.6 Å². The summed E-state index contributed by atoms with van der Waals surface area (Å²) < 4.78 is 0.766. The SMILES string of the molecule is CSCC[C@H](NC(=O)c1ccc(C[N+](C)(c2cccnc2)C2CCCCC2)cc1-c1ccccc1C)C(=O)O. The second kappa shape index (κ2) is 13.3. The number of aromatic nitrogens is 1. The number of carboxylic acids is 1. The monoisotopic (exact) mass is 546 g/mol. The van der Waals surface area contributed by atoms with E-state index < -0.39 is 12.0 Å². The normalized spacial score (nSPS) is 16.3. The molecule has 0 aliphatic heterocycles. The van der Waals surface area contributed by atoms with Crippen molar-refractivity contribution in [2.75, 3.05) is 19.1 Å². The lowest BCUT2D eigenvalue weighted by Gasteiger charge is -2.43. The van der Waals surface area contributed by atoms with Gasteiger partial charge in [-0.3, -0.25) is 14.3 Å². The van der Waals surface area contributed by atoms with Gasteiger partial charge in [-0.2, -0.15) is 11.8 Å². The number of aliphatic carboxylic acids is 1. The summed E-state index contributed by atoms with van der Waals surface area (Å²) in [6.45, 7) is 2.82. The molecular formula is C32H40N3O3S+. The minimum absolute atomic E-state index is 0.356.